The standard InChI is InChI=1S/C44H30O/c1-3-34-35(4-2)41(38-23-15-14-22-37(38)40(34)29-16-8-5-9-17-29)33-24-26-36-32(28-33)25-27-39-43(36)42(30-18-10-6-11-19-30)44(45-39)31-20-12-7-13-21-31/h3-28H,1-2H2. The third kappa shape index (κ3) is 4.32. The molecular formula is C44H30O. The van der Waals surface area contributed by atoms with E-state index < -0.39 is 0 Å². The first-order valence-electron chi connectivity index (χ1n) is 15.3. The van der Waals surface area contributed by atoms with Crippen LogP contribution in [0.2, 0.25) is 0 Å². The molecule has 0 bridgehead atoms. The van der Waals surface area contributed by atoms with Crippen molar-refractivity contribution in [1.29, 1.82) is 0 Å². The minimum absolute atomic E-state index is 0.881. The average molecular weight is 575 g/mol. The van der Waals surface area contributed by atoms with Crippen molar-refractivity contribution in [1.82, 2.24) is 0 Å². The fraction of sp³-hybridized carbons (Fsp3) is 0. The minimum Gasteiger partial charge on any atom is -0.455 e. The molecule has 0 fully saturated rings. The Labute approximate surface area is 263 Å². The molecule has 45 heavy (non-hydrogen) atoms. The summed E-state index contributed by atoms with van der Waals surface area (Å²) in [6.45, 7) is 8.55. The lowest BCUT2D eigenvalue weighted by molar-refractivity contribution is 0.632. The molecule has 0 unspecified atom stereocenters. The van der Waals surface area contributed by atoms with Crippen LogP contribution >= 0.6 is 0 Å². The van der Waals surface area contributed by atoms with Crippen LogP contribution in [0, 0.1) is 0 Å². The number of hydrogen-bond donors (Lipinski definition) is 0. The Balaban J connectivity index is 1.42. The molecule has 0 aliphatic rings. The summed E-state index contributed by atoms with van der Waals surface area (Å²) in [5, 5.41) is 5.84. The second kappa shape index (κ2) is 11.0. The van der Waals surface area contributed by atoms with Crippen LogP contribution in [0.15, 0.2) is 163 Å². The van der Waals surface area contributed by atoms with Crippen LogP contribution in [0.5, 0.6) is 0 Å². The van der Waals surface area contributed by atoms with Crippen molar-refractivity contribution in [2.24, 2.45) is 0 Å². The van der Waals surface area contributed by atoms with Crippen LogP contribution in [-0.2, 0) is 0 Å². The monoisotopic (exact) mass is 574 g/mol. The van der Waals surface area contributed by atoms with Gasteiger partial charge in [0.25, 0.3) is 0 Å². The molecule has 0 saturated heterocycles. The first-order chi connectivity index (χ1) is 22.3. The SMILES string of the molecule is C=Cc1c(C=C)c(-c2ccc3c(ccc4oc(-c5ccccc5)c(-c5ccccc5)c43)c2)c2ccccc2c1-c1ccccc1. The maximum atomic E-state index is 6.62. The van der Waals surface area contributed by atoms with E-state index in [2.05, 4.69) is 153 Å². The summed E-state index contributed by atoms with van der Waals surface area (Å²) in [6.07, 6.45) is 3.96. The van der Waals surface area contributed by atoms with Gasteiger partial charge in [-0.3, -0.25) is 0 Å². The summed E-state index contributed by atoms with van der Waals surface area (Å²) in [5.74, 6) is 0.889. The van der Waals surface area contributed by atoms with Crippen LogP contribution in [0.4, 0.5) is 0 Å². The molecule has 1 heteroatoms. The molecule has 212 valence electrons. The second-order valence-corrected chi connectivity index (χ2v) is 11.3. The topological polar surface area (TPSA) is 13.1 Å². The zero-order valence-corrected chi connectivity index (χ0v) is 24.8. The lowest BCUT2D eigenvalue weighted by Crippen LogP contribution is -1.96. The fourth-order valence-corrected chi connectivity index (χ4v) is 6.89. The number of rotatable bonds is 6. The molecule has 1 heterocycles. The van der Waals surface area contributed by atoms with Gasteiger partial charge in [-0.15, -0.1) is 0 Å². The van der Waals surface area contributed by atoms with Gasteiger partial charge >= 0.3 is 0 Å². The molecule has 0 aliphatic heterocycles. The molecule has 1 nitrogen and oxygen atoms in total. The molecule has 0 N–H and O–H groups in total. The van der Waals surface area contributed by atoms with Crippen LogP contribution in [0.25, 0.3) is 89.4 Å². The fourth-order valence-electron chi connectivity index (χ4n) is 6.89. The largest absolute Gasteiger partial charge is 0.455 e. The third-order valence-corrected chi connectivity index (χ3v) is 8.82. The van der Waals surface area contributed by atoms with Crippen molar-refractivity contribution in [3.63, 3.8) is 0 Å². The Kier molecular flexibility index (Phi) is 6.51. The molecule has 0 aliphatic carbocycles. The lowest BCUT2D eigenvalue weighted by Gasteiger charge is -2.20. The summed E-state index contributed by atoms with van der Waals surface area (Å²) in [6, 6.07) is 51.3. The van der Waals surface area contributed by atoms with Gasteiger partial charge in [-0.1, -0.05) is 159 Å². The van der Waals surface area contributed by atoms with E-state index in [1.54, 1.807) is 0 Å². The predicted octanol–water partition coefficient (Wildman–Crippen LogP) is 12.7. The van der Waals surface area contributed by atoms with E-state index in [9.17, 15) is 0 Å². The highest BCUT2D eigenvalue weighted by molar-refractivity contribution is 6.18. The average Bonchev–Trinajstić information content (AvgIpc) is 3.51. The predicted molar refractivity (Wildman–Crippen MR) is 193 cm³/mol. The summed E-state index contributed by atoms with van der Waals surface area (Å²) in [7, 11) is 0. The van der Waals surface area contributed by atoms with Crippen molar-refractivity contribution < 1.29 is 4.42 Å². The summed E-state index contributed by atoms with van der Waals surface area (Å²) in [5.41, 5.74) is 11.0. The number of hydrogen-bond acceptors (Lipinski definition) is 1. The normalized spacial score (nSPS) is 11.3. The van der Waals surface area contributed by atoms with Crippen molar-refractivity contribution >= 4 is 44.7 Å². The number of benzene rings is 7. The maximum Gasteiger partial charge on any atom is 0.143 e. The maximum absolute atomic E-state index is 6.62. The Morgan fingerprint density at radius 2 is 0.933 bits per heavy atom. The van der Waals surface area contributed by atoms with Gasteiger partial charge in [-0.2, -0.15) is 0 Å². The van der Waals surface area contributed by atoms with Crippen LogP contribution in [-0.4, -0.2) is 0 Å². The van der Waals surface area contributed by atoms with E-state index >= 15 is 0 Å². The first kappa shape index (κ1) is 26.7. The first-order valence-corrected chi connectivity index (χ1v) is 15.3. The molecule has 1 aromatic heterocycles. The molecule has 8 rings (SSSR count). The number of furan rings is 1. The summed E-state index contributed by atoms with van der Waals surface area (Å²) < 4.78 is 6.62. The molecule has 0 spiro atoms. The zero-order valence-electron chi connectivity index (χ0n) is 24.8. The van der Waals surface area contributed by atoms with Gasteiger partial charge in [0.1, 0.15) is 11.3 Å². The molecule has 0 radical (unpaired) electrons. The van der Waals surface area contributed by atoms with Gasteiger partial charge in [0.15, 0.2) is 0 Å². The smallest absolute Gasteiger partial charge is 0.143 e. The van der Waals surface area contributed by atoms with E-state index in [1.807, 2.05) is 18.2 Å². The van der Waals surface area contributed by atoms with Gasteiger partial charge in [0, 0.05) is 16.5 Å². The molecule has 0 atom stereocenters. The van der Waals surface area contributed by atoms with Crippen LogP contribution < -0.4 is 0 Å². The lowest BCUT2D eigenvalue weighted by atomic mass is 9.83. The van der Waals surface area contributed by atoms with Crippen molar-refractivity contribution in [2.75, 3.05) is 0 Å². The Morgan fingerprint density at radius 1 is 0.422 bits per heavy atom. The Hall–Kier alpha value is -5.92. The zero-order chi connectivity index (χ0) is 30.3. The highest BCUT2D eigenvalue weighted by atomic mass is 16.3. The third-order valence-electron chi connectivity index (χ3n) is 8.82. The summed E-state index contributed by atoms with van der Waals surface area (Å²) >= 11 is 0. The van der Waals surface area contributed by atoms with Gasteiger partial charge in [0.2, 0.25) is 0 Å². The molecule has 7 aromatic carbocycles. The van der Waals surface area contributed by atoms with E-state index in [4.69, 9.17) is 4.42 Å². The van der Waals surface area contributed by atoms with Crippen LogP contribution in [0.3, 0.4) is 0 Å². The van der Waals surface area contributed by atoms with Crippen molar-refractivity contribution in [2.45, 2.75) is 0 Å². The highest BCUT2D eigenvalue weighted by Gasteiger charge is 2.22. The molecule has 0 saturated carbocycles. The minimum atomic E-state index is 0.881. The quantitative estimate of drug-likeness (QED) is 0.192. The highest BCUT2D eigenvalue weighted by Crippen LogP contribution is 2.46. The number of fused-ring (bicyclic) bond motifs is 4. The summed E-state index contributed by atoms with van der Waals surface area (Å²) in [4.78, 5) is 0. The second-order valence-electron chi connectivity index (χ2n) is 11.3. The van der Waals surface area contributed by atoms with E-state index in [-0.39, 0.29) is 0 Å². The van der Waals surface area contributed by atoms with Gasteiger partial charge < -0.3 is 4.42 Å². The van der Waals surface area contributed by atoms with Crippen LogP contribution in [0.1, 0.15) is 11.1 Å². The van der Waals surface area contributed by atoms with Crippen molar-refractivity contribution in [3.8, 4) is 44.7 Å². The van der Waals surface area contributed by atoms with E-state index in [0.717, 1.165) is 66.4 Å². The van der Waals surface area contributed by atoms with Gasteiger partial charge in [-0.25, -0.2) is 0 Å². The molecule has 8 aromatic rings. The van der Waals surface area contributed by atoms with E-state index in [1.165, 1.54) is 21.9 Å². The Morgan fingerprint density at radius 3 is 1.51 bits per heavy atom. The Bertz CT molecular complexity index is 2380. The van der Waals surface area contributed by atoms with Gasteiger partial charge in [-0.05, 0) is 72.6 Å². The van der Waals surface area contributed by atoms with E-state index in [0.29, 0.717) is 0 Å². The molecular weight excluding hydrogens is 544 g/mol. The molecule has 0 amide bonds. The van der Waals surface area contributed by atoms with Gasteiger partial charge in [0.05, 0.1) is 0 Å². The van der Waals surface area contributed by atoms with Crippen molar-refractivity contribution in [3.05, 3.63) is 170 Å².